The maximum atomic E-state index is 12.6. The summed E-state index contributed by atoms with van der Waals surface area (Å²) in [7, 11) is 0. The Morgan fingerprint density at radius 1 is 0.842 bits per heavy atom. The van der Waals surface area contributed by atoms with E-state index in [2.05, 4.69) is 0 Å². The number of aliphatic hydroxyl groups is 1. The van der Waals surface area contributed by atoms with Crippen molar-refractivity contribution in [3.8, 4) is 11.5 Å². The van der Waals surface area contributed by atoms with E-state index in [9.17, 15) is 19.5 Å². The van der Waals surface area contributed by atoms with Crippen LogP contribution in [0.2, 0.25) is 0 Å². The summed E-state index contributed by atoms with van der Waals surface area (Å²) in [6.07, 6.45) is 2.36. The van der Waals surface area contributed by atoms with Gasteiger partial charge in [0.25, 0.3) is 5.60 Å². The number of esters is 3. The molecule has 0 radical (unpaired) electrons. The van der Waals surface area contributed by atoms with Crippen molar-refractivity contribution in [3.63, 3.8) is 0 Å². The quantitative estimate of drug-likeness (QED) is 0.205. The lowest BCUT2D eigenvalue weighted by atomic mass is 9.96. The molecule has 2 aromatic rings. The highest BCUT2D eigenvalue weighted by atomic mass is 16.6. The van der Waals surface area contributed by atoms with Crippen LogP contribution in [0.1, 0.15) is 39.7 Å². The Bertz CT molecular complexity index is 1030. The van der Waals surface area contributed by atoms with E-state index in [1.54, 1.807) is 6.92 Å². The van der Waals surface area contributed by atoms with E-state index >= 15 is 0 Å². The summed E-state index contributed by atoms with van der Waals surface area (Å²) in [5.41, 5.74) is -2.04. The van der Waals surface area contributed by atoms with Crippen molar-refractivity contribution in [2.24, 2.45) is 5.92 Å². The molecule has 0 saturated carbocycles. The molecule has 0 bridgehead atoms. The lowest BCUT2D eigenvalue weighted by molar-refractivity contribution is -0.208. The van der Waals surface area contributed by atoms with Gasteiger partial charge in [-0.15, -0.1) is 0 Å². The Kier molecular flexibility index (Phi) is 12.5. The van der Waals surface area contributed by atoms with E-state index in [1.807, 2.05) is 73.7 Å². The number of allylic oxidation sites excluding steroid dienone is 1. The normalized spacial score (nSPS) is 13.0. The number of para-hydroxylation sites is 1. The molecule has 206 valence electrons. The Labute approximate surface area is 223 Å². The lowest BCUT2D eigenvalue weighted by Gasteiger charge is -2.30. The van der Waals surface area contributed by atoms with Crippen LogP contribution in [0.15, 0.2) is 60.7 Å². The van der Waals surface area contributed by atoms with Crippen LogP contribution >= 0.6 is 0 Å². The fourth-order valence-corrected chi connectivity index (χ4v) is 3.37. The van der Waals surface area contributed by atoms with Gasteiger partial charge in [-0.25, -0.2) is 14.4 Å². The first-order valence-electron chi connectivity index (χ1n) is 12.6. The van der Waals surface area contributed by atoms with Gasteiger partial charge in [0.05, 0.1) is 19.8 Å². The second-order valence-electron chi connectivity index (χ2n) is 8.32. The fourth-order valence-electron chi connectivity index (χ4n) is 3.37. The van der Waals surface area contributed by atoms with Crippen LogP contribution in [0.4, 0.5) is 0 Å². The molecule has 0 aliphatic carbocycles. The minimum Gasteiger partial charge on any atom is -0.464 e. The SMILES string of the molecule is CCOC(=O)C(OCCC(C)/C=C/c1ccc(Oc2ccccc2)cc1)C(O)(C(=O)OCC)C(=O)OCC. The van der Waals surface area contributed by atoms with Crippen LogP contribution in [0, 0.1) is 5.92 Å². The number of hydrogen-bond acceptors (Lipinski definition) is 9. The molecule has 9 heteroatoms. The van der Waals surface area contributed by atoms with Gasteiger partial charge in [0.2, 0.25) is 6.10 Å². The topological polar surface area (TPSA) is 118 Å². The molecule has 2 atom stereocenters. The summed E-state index contributed by atoms with van der Waals surface area (Å²) >= 11 is 0. The smallest absolute Gasteiger partial charge is 0.353 e. The van der Waals surface area contributed by atoms with Gasteiger partial charge in [-0.3, -0.25) is 0 Å². The Morgan fingerprint density at radius 2 is 1.39 bits per heavy atom. The molecule has 2 aromatic carbocycles. The molecule has 38 heavy (non-hydrogen) atoms. The number of benzene rings is 2. The predicted octanol–water partition coefficient (Wildman–Crippen LogP) is 4.32. The molecule has 0 amide bonds. The highest BCUT2D eigenvalue weighted by molar-refractivity contribution is 6.08. The summed E-state index contributed by atoms with van der Waals surface area (Å²) in [6, 6.07) is 17.1. The van der Waals surface area contributed by atoms with Crippen LogP contribution in [0.3, 0.4) is 0 Å². The average molecular weight is 529 g/mol. The van der Waals surface area contributed by atoms with E-state index in [-0.39, 0.29) is 32.3 Å². The summed E-state index contributed by atoms with van der Waals surface area (Å²) in [5.74, 6) is -2.29. The lowest BCUT2D eigenvalue weighted by Crippen LogP contribution is -2.61. The number of rotatable bonds is 15. The first kappa shape index (κ1) is 30.5. The van der Waals surface area contributed by atoms with Crippen LogP contribution in [-0.2, 0) is 33.3 Å². The monoisotopic (exact) mass is 528 g/mol. The van der Waals surface area contributed by atoms with Gasteiger partial charge in [-0.1, -0.05) is 49.4 Å². The molecule has 2 unspecified atom stereocenters. The number of carbonyl (C=O) groups is 3. The third-order valence-corrected chi connectivity index (χ3v) is 5.39. The molecule has 0 saturated heterocycles. The summed E-state index contributed by atoms with van der Waals surface area (Å²) in [5, 5.41) is 11.0. The van der Waals surface area contributed by atoms with Crippen molar-refractivity contribution < 1.29 is 43.2 Å². The standard InChI is InChI=1S/C29H36O9/c1-5-34-26(30)25(29(33,27(31)35-6-2)28(32)36-7-3)37-20-19-21(4)13-14-22-15-17-24(18-16-22)38-23-11-9-8-10-12-23/h8-18,21,25,33H,5-7,19-20H2,1-4H3/b14-13+. The largest absolute Gasteiger partial charge is 0.464 e. The van der Waals surface area contributed by atoms with Crippen LogP contribution in [-0.4, -0.2) is 61.1 Å². The van der Waals surface area contributed by atoms with E-state index < -0.39 is 29.6 Å². The molecule has 0 fully saturated rings. The van der Waals surface area contributed by atoms with Crippen LogP contribution < -0.4 is 4.74 Å². The highest BCUT2D eigenvalue weighted by Crippen LogP contribution is 2.23. The molecular weight excluding hydrogens is 492 g/mol. The Balaban J connectivity index is 2.03. The zero-order valence-corrected chi connectivity index (χ0v) is 22.3. The molecule has 0 spiro atoms. The second kappa shape index (κ2) is 15.5. The molecule has 0 heterocycles. The fraction of sp³-hybridized carbons (Fsp3) is 0.414. The van der Waals surface area contributed by atoms with E-state index in [4.69, 9.17) is 23.7 Å². The summed E-state index contributed by atoms with van der Waals surface area (Å²) in [6.45, 7) is 6.14. The highest BCUT2D eigenvalue weighted by Gasteiger charge is 2.59. The second-order valence-corrected chi connectivity index (χ2v) is 8.32. The van der Waals surface area contributed by atoms with E-state index in [0.29, 0.717) is 6.42 Å². The van der Waals surface area contributed by atoms with Crippen molar-refractivity contribution in [2.45, 2.75) is 45.8 Å². The molecule has 1 N–H and O–H groups in total. The maximum Gasteiger partial charge on any atom is 0.353 e. The summed E-state index contributed by atoms with van der Waals surface area (Å²) in [4.78, 5) is 37.7. The number of carbonyl (C=O) groups excluding carboxylic acids is 3. The zero-order valence-electron chi connectivity index (χ0n) is 22.3. The van der Waals surface area contributed by atoms with Gasteiger partial charge < -0.3 is 28.8 Å². The first-order chi connectivity index (χ1) is 18.3. The van der Waals surface area contributed by atoms with Gasteiger partial charge in [0.1, 0.15) is 11.5 Å². The van der Waals surface area contributed by atoms with E-state index in [1.165, 1.54) is 13.8 Å². The molecule has 0 aliphatic heterocycles. The average Bonchev–Trinajstić information content (AvgIpc) is 2.91. The maximum absolute atomic E-state index is 12.6. The van der Waals surface area contributed by atoms with Crippen molar-refractivity contribution >= 4 is 24.0 Å². The van der Waals surface area contributed by atoms with Crippen molar-refractivity contribution in [3.05, 3.63) is 66.2 Å². The predicted molar refractivity (Wildman–Crippen MR) is 140 cm³/mol. The van der Waals surface area contributed by atoms with Crippen molar-refractivity contribution in [1.82, 2.24) is 0 Å². The summed E-state index contributed by atoms with van der Waals surface area (Å²) < 4.78 is 26.0. The van der Waals surface area contributed by atoms with Gasteiger partial charge in [-0.05, 0) is 62.9 Å². The number of ether oxygens (including phenoxy) is 5. The molecule has 0 aliphatic rings. The molecule has 9 nitrogen and oxygen atoms in total. The third kappa shape index (κ3) is 8.71. The Hall–Kier alpha value is -3.69. The van der Waals surface area contributed by atoms with Gasteiger partial charge in [0, 0.05) is 6.61 Å². The van der Waals surface area contributed by atoms with Gasteiger partial charge >= 0.3 is 17.9 Å². The molecule has 2 rings (SSSR count). The molecule has 0 aromatic heterocycles. The van der Waals surface area contributed by atoms with Gasteiger partial charge in [-0.2, -0.15) is 0 Å². The van der Waals surface area contributed by atoms with Crippen molar-refractivity contribution in [1.29, 1.82) is 0 Å². The van der Waals surface area contributed by atoms with Crippen LogP contribution in [0.5, 0.6) is 11.5 Å². The van der Waals surface area contributed by atoms with E-state index in [0.717, 1.165) is 17.1 Å². The third-order valence-electron chi connectivity index (χ3n) is 5.39. The first-order valence-corrected chi connectivity index (χ1v) is 12.6. The zero-order chi connectivity index (χ0) is 28.0. The minimum atomic E-state index is -3.00. The van der Waals surface area contributed by atoms with Crippen molar-refractivity contribution in [2.75, 3.05) is 26.4 Å². The molecular formula is C29H36O9. The van der Waals surface area contributed by atoms with Gasteiger partial charge in [0.15, 0.2) is 0 Å². The Morgan fingerprint density at radius 3 is 1.95 bits per heavy atom. The minimum absolute atomic E-state index is 0.00336. The number of hydrogen-bond donors (Lipinski definition) is 1. The van der Waals surface area contributed by atoms with Crippen LogP contribution in [0.25, 0.3) is 6.08 Å².